The van der Waals surface area contributed by atoms with Crippen LogP contribution in [-0.2, 0) is 6.54 Å². The number of nitrogens with one attached hydrogen (secondary N) is 1. The molecule has 4 N–H and O–H groups in total. The molecule has 1 rings (SSSR count). The van der Waals surface area contributed by atoms with Gasteiger partial charge in [-0.3, -0.25) is 0 Å². The second-order valence-corrected chi connectivity index (χ2v) is 5.89. The monoisotopic (exact) mass is 281 g/mol. The first-order chi connectivity index (χ1) is 9.08. The van der Waals surface area contributed by atoms with E-state index in [0.717, 1.165) is 29.2 Å². The molecule has 0 aliphatic rings. The van der Waals surface area contributed by atoms with E-state index < -0.39 is 0 Å². The minimum absolute atomic E-state index is 0.148. The highest BCUT2D eigenvalue weighted by molar-refractivity contribution is 7.99. The van der Waals surface area contributed by atoms with Crippen LogP contribution in [-0.4, -0.2) is 28.6 Å². The molecule has 0 fully saturated rings. The summed E-state index contributed by atoms with van der Waals surface area (Å²) in [6.45, 7) is 7.25. The molecule has 19 heavy (non-hydrogen) atoms. The third-order valence-corrected chi connectivity index (χ3v) is 4.10. The van der Waals surface area contributed by atoms with Crippen LogP contribution in [0.1, 0.15) is 30.5 Å². The molecule has 0 radical (unpaired) electrons. The molecule has 5 heteroatoms. The quantitative estimate of drug-likeness (QED) is 0.310. The van der Waals surface area contributed by atoms with Crippen molar-refractivity contribution in [3.8, 4) is 0 Å². The zero-order valence-electron chi connectivity index (χ0n) is 11.8. The van der Waals surface area contributed by atoms with Gasteiger partial charge in [-0.15, -0.1) is 0 Å². The van der Waals surface area contributed by atoms with Gasteiger partial charge in [0.05, 0.1) is 0 Å². The average Bonchev–Trinajstić information content (AvgIpc) is 2.42. The lowest BCUT2D eigenvalue weighted by molar-refractivity contribution is 0.318. The van der Waals surface area contributed by atoms with E-state index in [9.17, 15) is 0 Å². The Hall–Kier alpha value is -1.20. The van der Waals surface area contributed by atoms with Crippen LogP contribution in [0, 0.1) is 6.92 Å². The van der Waals surface area contributed by atoms with Crippen molar-refractivity contribution in [1.82, 2.24) is 5.32 Å². The van der Waals surface area contributed by atoms with Crippen molar-refractivity contribution >= 4 is 17.6 Å². The molecule has 1 aromatic rings. The number of nitrogens with zero attached hydrogens (tertiary/aromatic N) is 1. The zero-order valence-corrected chi connectivity index (χ0v) is 12.6. The van der Waals surface area contributed by atoms with Crippen LogP contribution in [0.25, 0.3) is 0 Å². The van der Waals surface area contributed by atoms with Gasteiger partial charge < -0.3 is 16.3 Å². The second-order valence-electron chi connectivity index (χ2n) is 4.57. The SMILES string of the molecule is CCSCC(C)NCc1ccc(/C(N)=N/O)cc1C. The topological polar surface area (TPSA) is 70.6 Å². The fourth-order valence-corrected chi connectivity index (χ4v) is 2.46. The van der Waals surface area contributed by atoms with Gasteiger partial charge in [-0.25, -0.2) is 0 Å². The number of aryl methyl sites for hydroxylation is 1. The Balaban J connectivity index is 2.60. The lowest BCUT2D eigenvalue weighted by atomic mass is 10.0. The van der Waals surface area contributed by atoms with E-state index >= 15 is 0 Å². The maximum Gasteiger partial charge on any atom is 0.170 e. The van der Waals surface area contributed by atoms with Gasteiger partial charge in [0.2, 0.25) is 0 Å². The Morgan fingerprint density at radius 1 is 1.53 bits per heavy atom. The van der Waals surface area contributed by atoms with Gasteiger partial charge in [0.15, 0.2) is 5.84 Å². The van der Waals surface area contributed by atoms with E-state index in [4.69, 9.17) is 10.9 Å². The van der Waals surface area contributed by atoms with Crippen molar-refractivity contribution in [1.29, 1.82) is 0 Å². The first kappa shape index (κ1) is 15.9. The zero-order chi connectivity index (χ0) is 14.3. The van der Waals surface area contributed by atoms with Crippen molar-refractivity contribution in [3.63, 3.8) is 0 Å². The minimum atomic E-state index is 0.148. The lowest BCUT2D eigenvalue weighted by Gasteiger charge is -2.14. The van der Waals surface area contributed by atoms with Gasteiger partial charge in [0, 0.05) is 23.9 Å². The predicted octanol–water partition coefficient (Wildman–Crippen LogP) is 2.32. The maximum atomic E-state index is 8.66. The van der Waals surface area contributed by atoms with E-state index in [-0.39, 0.29) is 5.84 Å². The Bertz CT molecular complexity index is 435. The van der Waals surface area contributed by atoms with Crippen LogP contribution >= 0.6 is 11.8 Å². The van der Waals surface area contributed by atoms with E-state index in [2.05, 4.69) is 24.3 Å². The van der Waals surface area contributed by atoms with E-state index in [1.54, 1.807) is 0 Å². The van der Waals surface area contributed by atoms with Crippen molar-refractivity contribution in [2.24, 2.45) is 10.9 Å². The molecule has 106 valence electrons. The number of benzene rings is 1. The third-order valence-electron chi connectivity index (χ3n) is 2.96. The second kappa shape index (κ2) is 8.07. The normalized spacial score (nSPS) is 13.5. The van der Waals surface area contributed by atoms with Gasteiger partial charge in [-0.05, 0) is 36.8 Å². The average molecular weight is 281 g/mol. The number of hydrogen-bond acceptors (Lipinski definition) is 4. The molecule has 0 aliphatic carbocycles. The summed E-state index contributed by atoms with van der Waals surface area (Å²) in [6.07, 6.45) is 0. The lowest BCUT2D eigenvalue weighted by Crippen LogP contribution is -2.28. The van der Waals surface area contributed by atoms with Crippen molar-refractivity contribution in [3.05, 3.63) is 34.9 Å². The summed E-state index contributed by atoms with van der Waals surface area (Å²) in [5.41, 5.74) is 8.70. The maximum absolute atomic E-state index is 8.66. The predicted molar refractivity (Wildman–Crippen MR) is 83.0 cm³/mol. The molecule has 1 aromatic carbocycles. The summed E-state index contributed by atoms with van der Waals surface area (Å²) >= 11 is 1.94. The summed E-state index contributed by atoms with van der Waals surface area (Å²) in [5, 5.41) is 15.2. The molecule has 0 heterocycles. The fourth-order valence-electron chi connectivity index (χ4n) is 1.75. The summed E-state index contributed by atoms with van der Waals surface area (Å²) in [5.74, 6) is 2.42. The van der Waals surface area contributed by atoms with Crippen LogP contribution < -0.4 is 11.1 Å². The molecule has 0 aliphatic heterocycles. The summed E-state index contributed by atoms with van der Waals surface area (Å²) < 4.78 is 0. The number of thioether (sulfide) groups is 1. The van der Waals surface area contributed by atoms with Crippen molar-refractivity contribution in [2.45, 2.75) is 33.4 Å². The van der Waals surface area contributed by atoms with Gasteiger partial charge in [-0.2, -0.15) is 11.8 Å². The van der Waals surface area contributed by atoms with Crippen LogP contribution in [0.15, 0.2) is 23.4 Å². The molecule has 4 nitrogen and oxygen atoms in total. The van der Waals surface area contributed by atoms with Crippen LogP contribution in [0.4, 0.5) is 0 Å². The highest BCUT2D eigenvalue weighted by Gasteiger charge is 2.05. The Labute approximate surface area is 119 Å². The third kappa shape index (κ3) is 5.12. The Morgan fingerprint density at radius 2 is 2.26 bits per heavy atom. The molecule has 0 saturated carbocycles. The first-order valence-electron chi connectivity index (χ1n) is 6.47. The molecule has 0 saturated heterocycles. The van der Waals surface area contributed by atoms with Gasteiger partial charge in [0.1, 0.15) is 0 Å². The van der Waals surface area contributed by atoms with Crippen molar-refractivity contribution in [2.75, 3.05) is 11.5 Å². The summed E-state index contributed by atoms with van der Waals surface area (Å²) in [6, 6.07) is 6.34. The van der Waals surface area contributed by atoms with E-state index in [1.165, 1.54) is 5.56 Å². The highest BCUT2D eigenvalue weighted by atomic mass is 32.2. The highest BCUT2D eigenvalue weighted by Crippen LogP contribution is 2.12. The first-order valence-corrected chi connectivity index (χ1v) is 7.62. The standard InChI is InChI=1S/C14H23N3OS/c1-4-19-9-11(3)16-8-13-6-5-12(7-10(13)2)14(15)17-18/h5-7,11,16,18H,4,8-9H2,1-3H3,(H2,15,17). The molecule has 1 atom stereocenters. The van der Waals surface area contributed by atoms with E-state index in [1.807, 2.05) is 36.9 Å². The smallest absolute Gasteiger partial charge is 0.170 e. The number of hydrogen-bond donors (Lipinski definition) is 3. The summed E-state index contributed by atoms with van der Waals surface area (Å²) in [7, 11) is 0. The van der Waals surface area contributed by atoms with Crippen molar-refractivity contribution < 1.29 is 5.21 Å². The number of nitrogens with two attached hydrogens (primary N) is 1. The van der Waals surface area contributed by atoms with Crippen LogP contribution in [0.5, 0.6) is 0 Å². The van der Waals surface area contributed by atoms with Crippen LogP contribution in [0.3, 0.4) is 0 Å². The molecule has 0 aromatic heterocycles. The van der Waals surface area contributed by atoms with Gasteiger partial charge in [-0.1, -0.05) is 24.2 Å². The van der Waals surface area contributed by atoms with Crippen LogP contribution in [0.2, 0.25) is 0 Å². The Morgan fingerprint density at radius 3 is 2.84 bits per heavy atom. The van der Waals surface area contributed by atoms with E-state index in [0.29, 0.717) is 6.04 Å². The molecular formula is C14H23N3OS. The molecule has 0 amide bonds. The molecule has 0 bridgehead atoms. The molecule has 1 unspecified atom stereocenters. The largest absolute Gasteiger partial charge is 0.409 e. The molecule has 0 spiro atoms. The fraction of sp³-hybridized carbons (Fsp3) is 0.500. The molecular weight excluding hydrogens is 258 g/mol. The van der Waals surface area contributed by atoms with Gasteiger partial charge in [0.25, 0.3) is 0 Å². The number of amidine groups is 1. The number of rotatable bonds is 7. The minimum Gasteiger partial charge on any atom is -0.409 e. The van der Waals surface area contributed by atoms with Gasteiger partial charge >= 0.3 is 0 Å². The number of oxime groups is 1. The summed E-state index contributed by atoms with van der Waals surface area (Å²) in [4.78, 5) is 0. The Kier molecular flexibility index (Phi) is 6.73.